The van der Waals surface area contributed by atoms with Crippen molar-refractivity contribution >= 4 is 6.21 Å². The Balaban J connectivity index is 0. The maximum atomic E-state index is 3.85. The largest absolute Gasteiger partial charge is 0.289 e. The van der Waals surface area contributed by atoms with Gasteiger partial charge in [-0.15, -0.1) is 0 Å². The Bertz CT molecular complexity index is 110. The summed E-state index contributed by atoms with van der Waals surface area (Å²) >= 11 is 0. The molecule has 0 aromatic heterocycles. The number of nitrogens with zero attached hydrogens (tertiary/aromatic N) is 1. The zero-order valence-electron chi connectivity index (χ0n) is 9.39. The van der Waals surface area contributed by atoms with Gasteiger partial charge in [0.25, 0.3) is 0 Å². The van der Waals surface area contributed by atoms with Gasteiger partial charge in [-0.25, -0.2) is 0 Å². The molecule has 0 N–H and O–H groups in total. The van der Waals surface area contributed by atoms with Gasteiger partial charge >= 0.3 is 0 Å². The summed E-state index contributed by atoms with van der Waals surface area (Å²) in [4.78, 5) is 3.85. The highest BCUT2D eigenvalue weighted by atomic mass is 14.7. The number of hydrogen-bond donors (Lipinski definition) is 0. The molecule has 1 heterocycles. The molecule has 0 unspecified atom stereocenters. The minimum Gasteiger partial charge on any atom is -0.289 e. The molecule has 0 saturated heterocycles. The number of hydrogen-bond acceptors (Lipinski definition) is 1. The van der Waals surface area contributed by atoms with Gasteiger partial charge in [-0.1, -0.05) is 47.6 Å². The van der Waals surface area contributed by atoms with E-state index in [0.717, 1.165) is 6.54 Å². The van der Waals surface area contributed by atoms with E-state index in [-0.39, 0.29) is 0 Å². The van der Waals surface area contributed by atoms with Gasteiger partial charge in [0.15, 0.2) is 0 Å². The average Bonchev–Trinajstić information content (AvgIpc) is 2.41. The van der Waals surface area contributed by atoms with Crippen molar-refractivity contribution in [3.63, 3.8) is 0 Å². The van der Waals surface area contributed by atoms with Crippen molar-refractivity contribution in [3.8, 4) is 0 Å². The summed E-state index contributed by atoms with van der Waals surface area (Å²) in [6.45, 7) is 13.6. The first-order chi connectivity index (χ1) is 5.50. The van der Waals surface area contributed by atoms with Crippen molar-refractivity contribution in [2.45, 2.75) is 41.5 Å². The van der Waals surface area contributed by atoms with E-state index >= 15 is 0 Å². The van der Waals surface area contributed by atoms with Crippen LogP contribution >= 0.6 is 0 Å². The Labute approximate surface area is 77.6 Å². The van der Waals surface area contributed by atoms with Crippen LogP contribution in [0.5, 0.6) is 0 Å². The first-order valence-corrected chi connectivity index (χ1v) is 4.65. The van der Waals surface area contributed by atoms with E-state index in [1.165, 1.54) is 0 Å². The van der Waals surface area contributed by atoms with Crippen LogP contribution in [-0.4, -0.2) is 12.8 Å². The van der Waals surface area contributed by atoms with E-state index in [1.54, 1.807) is 6.21 Å². The van der Waals surface area contributed by atoms with Crippen molar-refractivity contribution in [1.29, 1.82) is 0 Å². The first-order valence-electron chi connectivity index (χ1n) is 4.65. The maximum absolute atomic E-state index is 3.85. The first kappa shape index (κ1) is 14.0. The van der Waals surface area contributed by atoms with E-state index < -0.39 is 0 Å². The van der Waals surface area contributed by atoms with E-state index in [9.17, 15) is 0 Å². The molecule has 1 heteroatoms. The Hall–Kier alpha value is -0.590. The van der Waals surface area contributed by atoms with Gasteiger partial charge in [0, 0.05) is 6.21 Å². The SMILES string of the molecule is C1=CCN=C1.CC.CC(C)(C)C. The number of aliphatic imine (C=N–C) groups is 1. The van der Waals surface area contributed by atoms with Gasteiger partial charge in [-0.2, -0.15) is 0 Å². The molecule has 0 fully saturated rings. The fourth-order valence-electron chi connectivity index (χ4n) is 0.304. The van der Waals surface area contributed by atoms with Crippen LogP contribution < -0.4 is 0 Å². The number of allylic oxidation sites excluding steroid dienone is 1. The van der Waals surface area contributed by atoms with Crippen LogP contribution in [0, 0.1) is 5.41 Å². The molecule has 0 spiro atoms. The summed E-state index contributed by atoms with van der Waals surface area (Å²) in [6, 6.07) is 0. The fraction of sp³-hybridized carbons (Fsp3) is 0.727. The molecule has 1 aliphatic rings. The van der Waals surface area contributed by atoms with Crippen LogP contribution in [0.15, 0.2) is 17.1 Å². The third kappa shape index (κ3) is 34.2. The summed E-state index contributed by atoms with van der Waals surface area (Å²) in [5.41, 5.74) is 0.500. The lowest BCUT2D eigenvalue weighted by Gasteiger charge is -2.05. The van der Waals surface area contributed by atoms with Crippen LogP contribution in [0.3, 0.4) is 0 Å². The predicted octanol–water partition coefficient (Wildman–Crippen LogP) is 3.71. The molecule has 0 radical (unpaired) electrons. The molecule has 1 aliphatic heterocycles. The van der Waals surface area contributed by atoms with Gasteiger partial charge < -0.3 is 0 Å². The van der Waals surface area contributed by atoms with Crippen molar-refractivity contribution in [1.82, 2.24) is 0 Å². The highest BCUT2D eigenvalue weighted by Crippen LogP contribution is 2.07. The topological polar surface area (TPSA) is 12.4 Å². The summed E-state index contributed by atoms with van der Waals surface area (Å²) < 4.78 is 0. The molecule has 0 aromatic rings. The molecule has 1 nitrogen and oxygen atoms in total. The van der Waals surface area contributed by atoms with Crippen LogP contribution in [0.2, 0.25) is 0 Å². The van der Waals surface area contributed by atoms with Gasteiger partial charge in [0.2, 0.25) is 0 Å². The molecule has 0 saturated carbocycles. The lowest BCUT2D eigenvalue weighted by Crippen LogP contribution is -1.93. The highest BCUT2D eigenvalue weighted by Gasteiger charge is 1.95. The molecular weight excluding hydrogens is 146 g/mol. The summed E-state index contributed by atoms with van der Waals surface area (Å²) in [5, 5.41) is 0. The zero-order valence-corrected chi connectivity index (χ0v) is 9.39. The standard InChI is InChI=1S/C5H12.C4H5N.C2H6/c1-5(2,3)4;1-2-4-5-3-1;1-2/h1-4H3;1-3H,4H2;1-2H3. The molecule has 0 aliphatic carbocycles. The fourth-order valence-corrected chi connectivity index (χ4v) is 0.304. The Kier molecular flexibility index (Phi) is 9.90. The smallest absolute Gasteiger partial charge is 0.0573 e. The summed E-state index contributed by atoms with van der Waals surface area (Å²) in [6.07, 6.45) is 5.76. The molecule has 1 rings (SSSR count). The molecule has 72 valence electrons. The Morgan fingerprint density at radius 3 is 1.58 bits per heavy atom. The second-order valence-electron chi connectivity index (χ2n) is 3.94. The lowest BCUT2D eigenvalue weighted by atomic mass is 10.0. The third-order valence-electron chi connectivity index (χ3n) is 0.538. The monoisotopic (exact) mass is 169 g/mol. The van der Waals surface area contributed by atoms with Crippen molar-refractivity contribution in [2.24, 2.45) is 10.4 Å². The third-order valence-corrected chi connectivity index (χ3v) is 0.538. The normalized spacial score (nSPS) is 12.8. The second-order valence-corrected chi connectivity index (χ2v) is 3.94. The minimum absolute atomic E-state index is 0.500. The molecule has 0 atom stereocenters. The van der Waals surface area contributed by atoms with Crippen molar-refractivity contribution in [3.05, 3.63) is 12.2 Å². The highest BCUT2D eigenvalue weighted by molar-refractivity contribution is 5.73. The summed E-state index contributed by atoms with van der Waals surface area (Å²) in [7, 11) is 0. The van der Waals surface area contributed by atoms with Crippen LogP contribution in [-0.2, 0) is 0 Å². The minimum atomic E-state index is 0.500. The van der Waals surface area contributed by atoms with Gasteiger partial charge in [-0.3, -0.25) is 4.99 Å². The molecular formula is C11H23N. The van der Waals surface area contributed by atoms with Gasteiger partial charge in [0.05, 0.1) is 6.54 Å². The average molecular weight is 169 g/mol. The molecule has 12 heavy (non-hydrogen) atoms. The van der Waals surface area contributed by atoms with Crippen molar-refractivity contribution in [2.75, 3.05) is 6.54 Å². The Morgan fingerprint density at radius 1 is 1.08 bits per heavy atom. The number of rotatable bonds is 0. The summed E-state index contributed by atoms with van der Waals surface area (Å²) in [5.74, 6) is 0. The van der Waals surface area contributed by atoms with Crippen LogP contribution in [0.25, 0.3) is 0 Å². The van der Waals surface area contributed by atoms with E-state index in [2.05, 4.69) is 32.7 Å². The van der Waals surface area contributed by atoms with E-state index in [0.29, 0.717) is 5.41 Å². The quantitative estimate of drug-likeness (QED) is 0.524. The zero-order chi connectivity index (χ0) is 10.0. The Morgan fingerprint density at radius 2 is 1.50 bits per heavy atom. The molecule has 0 bridgehead atoms. The lowest BCUT2D eigenvalue weighted by molar-refractivity contribution is 0.469. The predicted molar refractivity (Wildman–Crippen MR) is 59.0 cm³/mol. The van der Waals surface area contributed by atoms with Gasteiger partial charge in [-0.05, 0) is 11.5 Å². The van der Waals surface area contributed by atoms with Crippen LogP contribution in [0.1, 0.15) is 41.5 Å². The maximum Gasteiger partial charge on any atom is 0.0573 e. The van der Waals surface area contributed by atoms with E-state index in [4.69, 9.17) is 0 Å². The van der Waals surface area contributed by atoms with E-state index in [1.807, 2.05) is 26.0 Å². The van der Waals surface area contributed by atoms with Crippen molar-refractivity contribution < 1.29 is 0 Å². The van der Waals surface area contributed by atoms with Gasteiger partial charge in [0.1, 0.15) is 0 Å². The molecule has 0 aromatic carbocycles. The molecule has 0 amide bonds. The second kappa shape index (κ2) is 8.51. The van der Waals surface area contributed by atoms with Crippen LogP contribution in [0.4, 0.5) is 0 Å².